The van der Waals surface area contributed by atoms with Gasteiger partial charge in [0.15, 0.2) is 11.5 Å². The van der Waals surface area contributed by atoms with Crippen molar-refractivity contribution >= 4 is 11.4 Å². The molecule has 0 aliphatic heterocycles. The number of nitro groups is 2. The van der Waals surface area contributed by atoms with Crippen LogP contribution in [0, 0.1) is 20.2 Å². The molecule has 0 spiro atoms. The van der Waals surface area contributed by atoms with Gasteiger partial charge in [-0.1, -0.05) is 156 Å². The van der Waals surface area contributed by atoms with Gasteiger partial charge in [0.05, 0.1) is 24.1 Å². The van der Waals surface area contributed by atoms with E-state index in [4.69, 9.17) is 28.4 Å². The molecule has 0 heterocycles. The van der Waals surface area contributed by atoms with Crippen LogP contribution >= 0.6 is 0 Å². The summed E-state index contributed by atoms with van der Waals surface area (Å²) in [6.45, 7) is 27.0. The van der Waals surface area contributed by atoms with Crippen molar-refractivity contribution in [3.05, 3.63) is 184 Å². The average molecular weight is 1010 g/mol. The fourth-order valence-corrected chi connectivity index (χ4v) is 9.57. The first-order valence-corrected chi connectivity index (χ1v) is 25.5. The number of fused-ring (bicyclic) bond motifs is 8. The lowest BCUT2D eigenvalue weighted by Gasteiger charge is -2.29. The van der Waals surface area contributed by atoms with Gasteiger partial charge in [-0.25, -0.2) is 0 Å². The van der Waals surface area contributed by atoms with Crippen molar-refractivity contribution in [1.82, 2.24) is 0 Å². The molecule has 12 heteroatoms. The lowest BCUT2D eigenvalue weighted by molar-refractivity contribution is -0.386. The minimum Gasteiger partial charge on any atom is -0.496 e. The average Bonchev–Trinajstić information content (AvgIpc) is 3.31. The van der Waals surface area contributed by atoms with E-state index in [1.807, 2.05) is 0 Å². The summed E-state index contributed by atoms with van der Waals surface area (Å²) in [7, 11) is 3.46. The Morgan fingerprint density at radius 2 is 0.608 bits per heavy atom. The molecular weight excluding hydrogens is 933 g/mol. The van der Waals surface area contributed by atoms with Crippen molar-refractivity contribution < 1.29 is 38.3 Å². The fourth-order valence-electron chi connectivity index (χ4n) is 9.57. The lowest BCUT2D eigenvalue weighted by atomic mass is 9.79. The number of hydrogen-bond acceptors (Lipinski definition) is 10. The van der Waals surface area contributed by atoms with Crippen molar-refractivity contribution in [2.75, 3.05) is 40.6 Å². The predicted octanol–water partition coefficient (Wildman–Crippen LogP) is 14.3. The molecule has 0 fully saturated rings. The number of benzene rings is 6. The van der Waals surface area contributed by atoms with Gasteiger partial charge in [-0.3, -0.25) is 20.2 Å². The molecule has 1 aliphatic carbocycles. The van der Waals surface area contributed by atoms with Crippen LogP contribution in [0.4, 0.5) is 11.4 Å². The molecule has 6 aromatic rings. The van der Waals surface area contributed by atoms with Crippen LogP contribution in [0.15, 0.2) is 97.1 Å². The molecule has 74 heavy (non-hydrogen) atoms. The molecule has 0 radical (unpaired) electrons. The van der Waals surface area contributed by atoms with Gasteiger partial charge in [-0.15, -0.1) is 0 Å². The summed E-state index contributed by atoms with van der Waals surface area (Å²) in [4.78, 5) is 22.9. The van der Waals surface area contributed by atoms with Gasteiger partial charge in [0.2, 0.25) is 0 Å². The van der Waals surface area contributed by atoms with Gasteiger partial charge in [0, 0.05) is 37.8 Å². The predicted molar refractivity (Wildman–Crippen MR) is 293 cm³/mol. The molecule has 7 rings (SSSR count). The minimum absolute atomic E-state index is 0.0711. The fraction of sp³-hybridized carbons (Fsp3) is 0.419. The van der Waals surface area contributed by atoms with Crippen LogP contribution in [0.5, 0.6) is 34.5 Å². The van der Waals surface area contributed by atoms with Crippen LogP contribution in [-0.2, 0) is 47.3 Å². The van der Waals surface area contributed by atoms with E-state index in [9.17, 15) is 20.2 Å². The Morgan fingerprint density at radius 3 is 0.838 bits per heavy atom. The zero-order valence-electron chi connectivity index (χ0n) is 45.9. The highest BCUT2D eigenvalue weighted by Gasteiger charge is 2.30. The van der Waals surface area contributed by atoms with Crippen molar-refractivity contribution in [3.8, 4) is 34.5 Å². The van der Waals surface area contributed by atoms with Crippen LogP contribution in [-0.4, -0.2) is 50.5 Å². The van der Waals surface area contributed by atoms with Crippen LogP contribution < -0.4 is 28.4 Å². The highest BCUT2D eigenvalue weighted by molar-refractivity contribution is 5.60. The second-order valence-electron chi connectivity index (χ2n) is 23.5. The van der Waals surface area contributed by atoms with Gasteiger partial charge in [0.1, 0.15) is 49.4 Å². The summed E-state index contributed by atoms with van der Waals surface area (Å²) in [5.41, 5.74) is 11.2. The zero-order chi connectivity index (χ0) is 53.9. The maximum atomic E-state index is 11.9. The smallest absolute Gasteiger partial charge is 0.310 e. The molecular formula is C62H74N2O10. The van der Waals surface area contributed by atoms with Crippen LogP contribution in [0.1, 0.15) is 150 Å². The van der Waals surface area contributed by atoms with Crippen molar-refractivity contribution in [3.63, 3.8) is 0 Å². The van der Waals surface area contributed by atoms with Crippen molar-refractivity contribution in [1.29, 1.82) is 0 Å². The highest BCUT2D eigenvalue weighted by atomic mass is 16.6. The van der Waals surface area contributed by atoms with Gasteiger partial charge < -0.3 is 28.4 Å². The minimum atomic E-state index is -0.440. The van der Waals surface area contributed by atoms with Gasteiger partial charge in [-0.2, -0.15) is 0 Å². The number of nitrogens with zero attached hydrogens (tertiary/aromatic N) is 2. The third-order valence-electron chi connectivity index (χ3n) is 13.7. The van der Waals surface area contributed by atoms with E-state index in [-0.39, 0.29) is 71.0 Å². The monoisotopic (exact) mass is 1010 g/mol. The molecule has 0 saturated heterocycles. The third kappa shape index (κ3) is 12.6. The van der Waals surface area contributed by atoms with E-state index in [0.29, 0.717) is 37.2 Å². The molecule has 0 N–H and O–H groups in total. The van der Waals surface area contributed by atoms with Crippen LogP contribution in [0.2, 0.25) is 0 Å². The Hall–Kier alpha value is -7.08. The Morgan fingerprint density at radius 1 is 0.378 bits per heavy atom. The van der Waals surface area contributed by atoms with E-state index in [1.165, 1.54) is 12.1 Å². The largest absolute Gasteiger partial charge is 0.496 e. The molecule has 0 saturated carbocycles. The Labute approximate surface area is 437 Å². The second-order valence-corrected chi connectivity index (χ2v) is 23.5. The molecule has 8 bridgehead atoms. The summed E-state index contributed by atoms with van der Waals surface area (Å²) >= 11 is 0. The topological polar surface area (TPSA) is 142 Å². The van der Waals surface area contributed by atoms with Crippen LogP contribution in [0.25, 0.3) is 0 Å². The maximum Gasteiger partial charge on any atom is 0.310 e. The van der Waals surface area contributed by atoms with Crippen molar-refractivity contribution in [2.24, 2.45) is 0 Å². The Kier molecular flexibility index (Phi) is 16.1. The quantitative estimate of drug-likeness (QED) is 0.0587. The Bertz CT molecular complexity index is 2740. The zero-order valence-corrected chi connectivity index (χ0v) is 45.9. The van der Waals surface area contributed by atoms with Crippen LogP contribution in [0.3, 0.4) is 0 Å². The number of hydrogen-bond donors (Lipinski definition) is 0. The number of para-hydroxylation sites is 4. The molecule has 12 nitrogen and oxygen atoms in total. The molecule has 0 aromatic heterocycles. The van der Waals surface area contributed by atoms with Gasteiger partial charge in [0.25, 0.3) is 0 Å². The summed E-state index contributed by atoms with van der Waals surface area (Å²) in [6, 6.07) is 30.8. The first-order chi connectivity index (χ1) is 34.8. The molecule has 392 valence electrons. The van der Waals surface area contributed by atoms with E-state index < -0.39 is 9.85 Å². The Balaban J connectivity index is 1.48. The second kappa shape index (κ2) is 21.8. The molecule has 1 aliphatic rings. The summed E-state index contributed by atoms with van der Waals surface area (Å²) in [5.74, 6) is 3.30. The van der Waals surface area contributed by atoms with E-state index in [0.717, 1.165) is 78.3 Å². The van der Waals surface area contributed by atoms with Crippen molar-refractivity contribution in [2.45, 2.75) is 130 Å². The highest BCUT2D eigenvalue weighted by Crippen LogP contribution is 2.44. The summed E-state index contributed by atoms with van der Waals surface area (Å²) < 4.78 is 39.0. The SMILES string of the molecule is COc1c2cc(C(C)(C)C)cc1Cc1cc(C(C)(C)C)cc(c1OCCOc1ccccc1[N+](=O)[O-])Cc1cc(C(C)(C)C)cc(c1OC)Cc1cc(C(C)(C)C)cc(c1OCCOc1ccccc1[N+](=O)[O-])C2. The van der Waals surface area contributed by atoms with E-state index >= 15 is 0 Å². The number of methoxy groups -OCH3 is 2. The molecule has 0 unspecified atom stereocenters. The summed E-state index contributed by atoms with van der Waals surface area (Å²) in [5, 5.41) is 23.8. The number of rotatable bonds is 14. The standard InChI is InChI=1S/C62H74N2O10/c1-59(2,3)47-31-39-27-43-35-49(61(7,8)9)37-45(57(43)73-25-23-71-53-21-17-15-19-51(53)63(65)66)29-41-33-48(60(4,5)6)34-42(56(41)70-14)30-46-38-50(62(10,11)12)36-44(28-40(32-47)55(39)69-13)58(46)74-26-24-72-54-22-18-16-20-52(54)64(67)68/h15-22,31-38H,23-30H2,1-14H3. The summed E-state index contributed by atoms with van der Waals surface area (Å²) in [6.07, 6.45) is 1.84. The molecule has 0 amide bonds. The van der Waals surface area contributed by atoms with Gasteiger partial charge in [-0.05, 0) is 101 Å². The van der Waals surface area contributed by atoms with E-state index in [2.05, 4.69) is 132 Å². The number of nitro benzene ring substituents is 2. The first kappa shape index (κ1) is 54.7. The van der Waals surface area contributed by atoms with Gasteiger partial charge >= 0.3 is 11.4 Å². The first-order valence-electron chi connectivity index (χ1n) is 25.5. The lowest BCUT2D eigenvalue weighted by Crippen LogP contribution is -2.18. The van der Waals surface area contributed by atoms with E-state index in [1.54, 1.807) is 50.6 Å². The molecule has 0 atom stereocenters. The normalized spacial score (nSPS) is 12.9. The third-order valence-corrected chi connectivity index (χ3v) is 13.7. The molecule has 6 aromatic carbocycles. The maximum absolute atomic E-state index is 11.9. The number of ether oxygens (including phenoxy) is 6.